The number of ether oxygens (including phenoxy) is 1. The molecule has 9 heteroatoms. The van der Waals surface area contributed by atoms with Gasteiger partial charge in [0.15, 0.2) is 0 Å². The molecule has 0 spiro atoms. The summed E-state index contributed by atoms with van der Waals surface area (Å²) < 4.78 is 58.9. The normalized spacial score (nSPS) is 21.7. The van der Waals surface area contributed by atoms with Crippen molar-refractivity contribution in [1.29, 1.82) is 0 Å². The summed E-state index contributed by atoms with van der Waals surface area (Å²) in [6, 6.07) is 7.32. The number of hydrogen-bond acceptors (Lipinski definition) is 4. The van der Waals surface area contributed by atoms with E-state index in [-0.39, 0.29) is 37.8 Å². The van der Waals surface area contributed by atoms with Crippen molar-refractivity contribution in [3.8, 4) is 11.4 Å². The van der Waals surface area contributed by atoms with E-state index < -0.39 is 16.8 Å². The van der Waals surface area contributed by atoms with Gasteiger partial charge in [-0.3, -0.25) is 0 Å². The van der Waals surface area contributed by atoms with Crippen LogP contribution in [0.2, 0.25) is 0 Å². The van der Waals surface area contributed by atoms with Crippen LogP contribution in [0.3, 0.4) is 0 Å². The summed E-state index contributed by atoms with van der Waals surface area (Å²) in [4.78, 5) is 0. The van der Waals surface area contributed by atoms with Gasteiger partial charge in [-0.2, -0.15) is 5.10 Å². The fraction of sp³-hybridized carbons (Fsp3) is 0.526. The number of alkyl halides is 2. The van der Waals surface area contributed by atoms with Gasteiger partial charge in [-0.15, -0.1) is 0 Å². The second-order valence-corrected chi connectivity index (χ2v) is 8.17. The number of nitrogens with zero attached hydrogens (tertiary/aromatic N) is 2. The molecule has 0 saturated heterocycles. The lowest BCUT2D eigenvalue weighted by Gasteiger charge is -2.36. The minimum atomic E-state index is -2.69. The molecule has 0 amide bonds. The Morgan fingerprint density at radius 3 is 2.68 bits per heavy atom. The van der Waals surface area contributed by atoms with Crippen LogP contribution < -0.4 is 9.46 Å². The van der Waals surface area contributed by atoms with E-state index in [2.05, 4.69) is 9.82 Å². The molecule has 0 aliphatic heterocycles. The molecular formula is C19H25F2N3O3S. The second-order valence-electron chi connectivity index (χ2n) is 7.34. The average Bonchev–Trinajstić information content (AvgIpc) is 3.08. The number of benzene rings is 1. The van der Waals surface area contributed by atoms with Crippen molar-refractivity contribution in [3.05, 3.63) is 42.2 Å². The molecule has 6 nitrogen and oxygen atoms in total. The third-order valence-electron chi connectivity index (χ3n) is 5.14. The first-order chi connectivity index (χ1) is 13.3. The van der Waals surface area contributed by atoms with Gasteiger partial charge in [0.05, 0.1) is 18.5 Å². The fourth-order valence-electron chi connectivity index (χ4n) is 3.65. The van der Waals surface area contributed by atoms with Gasteiger partial charge in [0.1, 0.15) is 5.75 Å². The summed E-state index contributed by atoms with van der Waals surface area (Å²) >= 11 is 0. The molecule has 2 aromatic rings. The summed E-state index contributed by atoms with van der Waals surface area (Å²) in [6.07, 6.45) is 4.20. The van der Waals surface area contributed by atoms with E-state index in [1.807, 2.05) is 25.3 Å². The lowest BCUT2D eigenvalue weighted by atomic mass is 9.76. The number of hydrogen-bond donors (Lipinski definition) is 2. The molecule has 2 unspecified atom stereocenters. The van der Waals surface area contributed by atoms with E-state index in [9.17, 15) is 17.2 Å². The van der Waals surface area contributed by atoms with Gasteiger partial charge in [0.2, 0.25) is 16.8 Å². The Balaban J connectivity index is 1.59. The highest BCUT2D eigenvalue weighted by Gasteiger charge is 2.41. The Kier molecular flexibility index (Phi) is 6.66. The summed E-state index contributed by atoms with van der Waals surface area (Å²) in [5.41, 5.74) is 1.95. The molecule has 1 aliphatic rings. The van der Waals surface area contributed by atoms with E-state index in [4.69, 9.17) is 4.74 Å². The number of halogens is 2. The Labute approximate surface area is 165 Å². The number of aryl methyl sites for hydroxylation is 1. The topological polar surface area (TPSA) is 73.2 Å². The summed E-state index contributed by atoms with van der Waals surface area (Å²) in [7, 11) is -2.66. The number of thiol groups is 1. The zero-order valence-electron chi connectivity index (χ0n) is 15.7. The maximum atomic E-state index is 13.9. The molecule has 154 valence electrons. The van der Waals surface area contributed by atoms with Gasteiger partial charge in [-0.1, -0.05) is 0 Å². The SMILES string of the molecule is Cc1cnn(-c2ccc(OCC3CC(F)(F)CCC3CCN[SH](=O)=O)cc2)c1. The highest BCUT2D eigenvalue weighted by Crippen LogP contribution is 2.41. The van der Waals surface area contributed by atoms with Crippen LogP contribution >= 0.6 is 0 Å². The number of aromatic nitrogens is 2. The van der Waals surface area contributed by atoms with Crippen molar-refractivity contribution in [3.63, 3.8) is 0 Å². The van der Waals surface area contributed by atoms with Crippen molar-refractivity contribution >= 4 is 10.9 Å². The van der Waals surface area contributed by atoms with Crippen LogP contribution in [-0.4, -0.2) is 37.3 Å². The Morgan fingerprint density at radius 2 is 2.04 bits per heavy atom. The van der Waals surface area contributed by atoms with Crippen LogP contribution in [0, 0.1) is 18.8 Å². The van der Waals surface area contributed by atoms with Gasteiger partial charge in [0.25, 0.3) is 0 Å². The molecular weight excluding hydrogens is 388 g/mol. The summed E-state index contributed by atoms with van der Waals surface area (Å²) in [5, 5.41) is 4.25. The number of rotatable bonds is 8. The average molecular weight is 413 g/mol. The zero-order chi connectivity index (χ0) is 20.1. The van der Waals surface area contributed by atoms with Crippen LogP contribution in [0.4, 0.5) is 8.78 Å². The highest BCUT2D eigenvalue weighted by atomic mass is 32.2. The molecule has 1 aromatic heterocycles. The smallest absolute Gasteiger partial charge is 0.248 e. The van der Waals surface area contributed by atoms with Gasteiger partial charge >= 0.3 is 0 Å². The Morgan fingerprint density at radius 1 is 1.29 bits per heavy atom. The van der Waals surface area contributed by atoms with E-state index in [1.165, 1.54) is 0 Å². The first-order valence-corrected chi connectivity index (χ1v) is 10.5. The first kappa shape index (κ1) is 20.7. The molecule has 1 saturated carbocycles. The largest absolute Gasteiger partial charge is 0.493 e. The molecule has 3 rings (SSSR count). The van der Waals surface area contributed by atoms with Crippen molar-refractivity contribution in [2.24, 2.45) is 11.8 Å². The monoisotopic (exact) mass is 413 g/mol. The molecule has 1 aromatic carbocycles. The lowest BCUT2D eigenvalue weighted by Crippen LogP contribution is -2.36. The van der Waals surface area contributed by atoms with Crippen LogP contribution in [0.1, 0.15) is 31.2 Å². The lowest BCUT2D eigenvalue weighted by molar-refractivity contribution is -0.0776. The maximum Gasteiger partial charge on any atom is 0.248 e. The molecule has 0 radical (unpaired) electrons. The van der Waals surface area contributed by atoms with Crippen molar-refractivity contribution in [2.45, 2.75) is 38.5 Å². The van der Waals surface area contributed by atoms with E-state index in [1.54, 1.807) is 23.0 Å². The molecule has 28 heavy (non-hydrogen) atoms. The van der Waals surface area contributed by atoms with E-state index >= 15 is 0 Å². The number of nitrogens with one attached hydrogen (secondary N) is 1. The molecule has 0 bridgehead atoms. The van der Waals surface area contributed by atoms with E-state index in [0.29, 0.717) is 18.6 Å². The Hall–Kier alpha value is -2.00. The fourth-order valence-corrected chi connectivity index (χ4v) is 3.96. The predicted molar refractivity (Wildman–Crippen MR) is 103 cm³/mol. The van der Waals surface area contributed by atoms with Crippen molar-refractivity contribution < 1.29 is 21.9 Å². The van der Waals surface area contributed by atoms with Crippen molar-refractivity contribution in [2.75, 3.05) is 13.2 Å². The highest BCUT2D eigenvalue weighted by molar-refractivity contribution is 7.70. The van der Waals surface area contributed by atoms with Crippen LogP contribution in [0.15, 0.2) is 36.7 Å². The molecule has 1 aliphatic carbocycles. The van der Waals surface area contributed by atoms with Crippen molar-refractivity contribution in [1.82, 2.24) is 14.5 Å². The summed E-state index contributed by atoms with van der Waals surface area (Å²) in [6.45, 7) is 2.41. The molecule has 2 atom stereocenters. The second kappa shape index (κ2) is 9.00. The molecule has 1 heterocycles. The minimum absolute atomic E-state index is 0.00778. The molecule has 1 fully saturated rings. The van der Waals surface area contributed by atoms with Gasteiger partial charge < -0.3 is 4.74 Å². The standard InChI is InChI=1S/C19H25F2N3O3S/c1-14-11-22-24(12-14)17-2-4-18(5-3-17)27-13-16-10-19(20,21)8-6-15(16)7-9-23-28(25)26/h2-5,11-12,15-16,28H,6-10,13H2,1H3,(H,23,25,26). The predicted octanol–water partition coefficient (Wildman–Crippen LogP) is 3.12. The van der Waals surface area contributed by atoms with Crippen LogP contribution in [0.25, 0.3) is 5.69 Å². The van der Waals surface area contributed by atoms with Gasteiger partial charge in [0, 0.05) is 31.5 Å². The quantitative estimate of drug-likeness (QED) is 0.653. The third kappa shape index (κ3) is 5.75. The summed E-state index contributed by atoms with van der Waals surface area (Å²) in [5.74, 6) is -2.39. The Bertz CT molecular complexity index is 844. The minimum Gasteiger partial charge on any atom is -0.493 e. The van der Waals surface area contributed by atoms with Gasteiger partial charge in [-0.05, 0) is 55.5 Å². The van der Waals surface area contributed by atoms with Gasteiger partial charge in [-0.25, -0.2) is 26.6 Å². The third-order valence-corrected chi connectivity index (χ3v) is 5.62. The molecule has 1 N–H and O–H groups in total. The maximum absolute atomic E-state index is 13.9. The zero-order valence-corrected chi connectivity index (χ0v) is 16.6. The first-order valence-electron chi connectivity index (χ1n) is 9.33. The van der Waals surface area contributed by atoms with Crippen LogP contribution in [-0.2, 0) is 10.9 Å². The van der Waals surface area contributed by atoms with Crippen LogP contribution in [0.5, 0.6) is 5.75 Å². The van der Waals surface area contributed by atoms with E-state index in [0.717, 1.165) is 11.3 Å².